The molecule has 2 heterocycles. The molecule has 0 aromatic carbocycles. The van der Waals surface area contributed by atoms with Crippen LogP contribution in [0.5, 0.6) is 0 Å². The van der Waals surface area contributed by atoms with Gasteiger partial charge in [-0.1, -0.05) is 6.92 Å². The lowest BCUT2D eigenvalue weighted by molar-refractivity contribution is -0.137. The van der Waals surface area contributed by atoms with Gasteiger partial charge in [-0.25, -0.2) is 14.0 Å². The van der Waals surface area contributed by atoms with Gasteiger partial charge >= 0.3 is 5.97 Å². The number of esters is 1. The highest BCUT2D eigenvalue weighted by molar-refractivity contribution is 8.05. The number of ether oxygens (including phenoxy) is 1. The maximum Gasteiger partial charge on any atom is 0.349 e. The fourth-order valence-electron chi connectivity index (χ4n) is 1.91. The van der Waals surface area contributed by atoms with Crippen molar-refractivity contribution in [3.63, 3.8) is 0 Å². The molecule has 0 fully saturated rings. The van der Waals surface area contributed by atoms with Crippen molar-refractivity contribution in [1.29, 1.82) is 0 Å². The Balaban J connectivity index is 2.28. The molecule has 0 aliphatic carbocycles. The van der Waals surface area contributed by atoms with Gasteiger partial charge in [-0.3, -0.25) is 0 Å². The maximum absolute atomic E-state index is 12.1. The highest BCUT2D eigenvalue weighted by Crippen LogP contribution is 2.27. The molecule has 0 saturated heterocycles. The van der Waals surface area contributed by atoms with E-state index in [-0.39, 0.29) is 11.5 Å². The normalized spacial score (nSPS) is 22.6. The molecule has 0 amide bonds. The van der Waals surface area contributed by atoms with E-state index in [1.807, 2.05) is 6.92 Å². The molecule has 0 N–H and O–H groups in total. The van der Waals surface area contributed by atoms with Crippen LogP contribution < -0.4 is 0 Å². The van der Waals surface area contributed by atoms with Crippen LogP contribution in [-0.2, 0) is 20.3 Å². The zero-order valence-corrected chi connectivity index (χ0v) is 11.5. The number of nitrogens with zero attached hydrogens (tertiary/aromatic N) is 2. The van der Waals surface area contributed by atoms with E-state index in [0.717, 1.165) is 12.1 Å². The molecule has 6 heteroatoms. The highest BCUT2D eigenvalue weighted by Gasteiger charge is 2.35. The van der Waals surface area contributed by atoms with Gasteiger partial charge in [0.25, 0.3) is 0 Å². The van der Waals surface area contributed by atoms with E-state index >= 15 is 0 Å². The molecule has 0 radical (unpaired) electrons. The quantitative estimate of drug-likeness (QED) is 0.728. The first kappa shape index (κ1) is 13.0. The second-order valence-electron chi connectivity index (χ2n) is 4.05. The molecule has 18 heavy (non-hydrogen) atoms. The third kappa shape index (κ3) is 2.12. The minimum absolute atomic E-state index is 0.181. The second-order valence-corrected chi connectivity index (χ2v) is 5.39. The third-order valence-electron chi connectivity index (χ3n) is 2.92. The molecule has 0 spiro atoms. The average Bonchev–Trinajstić information content (AvgIpc) is 2.66. The summed E-state index contributed by atoms with van der Waals surface area (Å²) in [5, 5.41) is 0.438. The van der Waals surface area contributed by atoms with Crippen LogP contribution in [0.1, 0.15) is 27.2 Å². The molecule has 2 aliphatic heterocycles. The number of hydrogen-bond donors (Lipinski definition) is 0. The number of hydrogen-bond acceptors (Lipinski definition) is 5. The number of aliphatic imine (C=N–C) groups is 1. The summed E-state index contributed by atoms with van der Waals surface area (Å²) in [7, 11) is -1.52. The maximum atomic E-state index is 12.1. The molecule has 0 bridgehead atoms. The zero-order valence-electron chi connectivity index (χ0n) is 10.7. The van der Waals surface area contributed by atoms with Gasteiger partial charge in [0, 0.05) is 18.4 Å². The Morgan fingerprint density at radius 1 is 1.56 bits per heavy atom. The van der Waals surface area contributed by atoms with Crippen LogP contribution in [-0.4, -0.2) is 33.4 Å². The Bertz CT molecular complexity index is 505. The summed E-state index contributed by atoms with van der Waals surface area (Å²) in [6.07, 6.45) is 2.49. The van der Waals surface area contributed by atoms with Crippen molar-refractivity contribution in [3.8, 4) is 0 Å². The third-order valence-corrected chi connectivity index (χ3v) is 4.25. The first-order valence-corrected chi connectivity index (χ1v) is 7.08. The Hall–Kier alpha value is -1.43. The SMILES string of the molecule is CCOC(=O)C1=CN2CC(CC)=C(C)N=C2S1=O. The lowest BCUT2D eigenvalue weighted by Gasteiger charge is -2.22. The number of allylic oxidation sites excluding steroid dienone is 1. The van der Waals surface area contributed by atoms with Gasteiger partial charge in [0.05, 0.1) is 6.61 Å². The Labute approximate surface area is 109 Å². The molecule has 98 valence electrons. The molecule has 2 aliphatic rings. The van der Waals surface area contributed by atoms with Crippen molar-refractivity contribution in [1.82, 2.24) is 4.90 Å². The predicted octanol–water partition coefficient (Wildman–Crippen LogP) is 1.51. The smallest absolute Gasteiger partial charge is 0.349 e. The van der Waals surface area contributed by atoms with Gasteiger partial charge in [0.1, 0.15) is 15.7 Å². The summed E-state index contributed by atoms with van der Waals surface area (Å²) in [6.45, 7) is 6.61. The molecule has 0 aromatic rings. The van der Waals surface area contributed by atoms with E-state index in [9.17, 15) is 9.00 Å². The molecule has 5 nitrogen and oxygen atoms in total. The van der Waals surface area contributed by atoms with Crippen molar-refractivity contribution < 1.29 is 13.7 Å². The Morgan fingerprint density at radius 2 is 2.28 bits per heavy atom. The van der Waals surface area contributed by atoms with E-state index in [4.69, 9.17) is 4.74 Å². The number of carbonyl (C=O) groups is 1. The molecule has 1 unspecified atom stereocenters. The van der Waals surface area contributed by atoms with E-state index in [1.54, 1.807) is 18.0 Å². The monoisotopic (exact) mass is 268 g/mol. The summed E-state index contributed by atoms with van der Waals surface area (Å²) in [4.78, 5) is 17.9. The lowest BCUT2D eigenvalue weighted by Crippen LogP contribution is -2.29. The van der Waals surface area contributed by atoms with Gasteiger partial charge in [0.15, 0.2) is 0 Å². The van der Waals surface area contributed by atoms with Gasteiger partial charge in [-0.2, -0.15) is 0 Å². The van der Waals surface area contributed by atoms with Gasteiger partial charge < -0.3 is 9.64 Å². The largest absolute Gasteiger partial charge is 0.462 e. The summed E-state index contributed by atoms with van der Waals surface area (Å²) < 4.78 is 17.0. The van der Waals surface area contributed by atoms with E-state index in [1.165, 1.54) is 5.57 Å². The summed E-state index contributed by atoms with van der Waals surface area (Å²) in [6, 6.07) is 0. The molecule has 2 rings (SSSR count). The fraction of sp³-hybridized carbons (Fsp3) is 0.500. The zero-order chi connectivity index (χ0) is 13.3. The van der Waals surface area contributed by atoms with E-state index in [2.05, 4.69) is 11.9 Å². The van der Waals surface area contributed by atoms with Crippen molar-refractivity contribution >= 4 is 21.9 Å². The van der Waals surface area contributed by atoms with Crippen LogP contribution in [0.25, 0.3) is 0 Å². The van der Waals surface area contributed by atoms with Crippen LogP contribution in [0, 0.1) is 0 Å². The number of rotatable bonds is 3. The summed E-state index contributed by atoms with van der Waals surface area (Å²) in [5.74, 6) is -0.524. The second kappa shape index (κ2) is 5.06. The minimum atomic E-state index is -1.52. The molecule has 1 atom stereocenters. The predicted molar refractivity (Wildman–Crippen MR) is 70.0 cm³/mol. The average molecular weight is 268 g/mol. The van der Waals surface area contributed by atoms with Gasteiger partial charge in [-0.05, 0) is 25.8 Å². The number of fused-ring (bicyclic) bond motifs is 1. The lowest BCUT2D eigenvalue weighted by atomic mass is 10.1. The topological polar surface area (TPSA) is 59.0 Å². The first-order chi connectivity index (χ1) is 8.58. The molecular weight excluding hydrogens is 252 g/mol. The van der Waals surface area contributed by atoms with E-state index < -0.39 is 16.8 Å². The molecule has 0 saturated carbocycles. The van der Waals surface area contributed by atoms with Crippen LogP contribution in [0.3, 0.4) is 0 Å². The summed E-state index contributed by atoms with van der Waals surface area (Å²) in [5.41, 5.74) is 2.09. The minimum Gasteiger partial charge on any atom is -0.462 e. The van der Waals surface area contributed by atoms with Gasteiger partial charge in [0.2, 0.25) is 5.17 Å². The Morgan fingerprint density at radius 3 is 2.89 bits per heavy atom. The molecular formula is C12H16N2O3S. The number of amidine groups is 1. The van der Waals surface area contributed by atoms with Crippen LogP contribution in [0.4, 0.5) is 0 Å². The standard InChI is InChI=1S/C12H16N2O3S/c1-4-9-6-14-7-10(11(15)17-5-2)18(16)12(14)13-8(9)3/h7H,4-6H2,1-3H3. The van der Waals surface area contributed by atoms with Crippen molar-refractivity contribution in [2.24, 2.45) is 4.99 Å². The van der Waals surface area contributed by atoms with Crippen LogP contribution in [0.2, 0.25) is 0 Å². The first-order valence-electron chi connectivity index (χ1n) is 5.93. The van der Waals surface area contributed by atoms with Gasteiger partial charge in [-0.15, -0.1) is 0 Å². The fourth-order valence-corrected chi connectivity index (χ4v) is 3.09. The Kier molecular flexibility index (Phi) is 3.65. The van der Waals surface area contributed by atoms with Crippen LogP contribution in [0.15, 0.2) is 27.4 Å². The van der Waals surface area contributed by atoms with Crippen molar-refractivity contribution in [3.05, 3.63) is 22.4 Å². The van der Waals surface area contributed by atoms with E-state index in [0.29, 0.717) is 11.7 Å². The molecule has 0 aromatic heterocycles. The van der Waals surface area contributed by atoms with Crippen molar-refractivity contribution in [2.45, 2.75) is 27.2 Å². The van der Waals surface area contributed by atoms with Crippen LogP contribution >= 0.6 is 0 Å². The summed E-state index contributed by atoms with van der Waals surface area (Å²) >= 11 is 0. The highest BCUT2D eigenvalue weighted by atomic mass is 32.2. The number of carbonyl (C=O) groups excluding carboxylic acids is 1. The van der Waals surface area contributed by atoms with Crippen molar-refractivity contribution in [2.75, 3.05) is 13.2 Å².